The predicted octanol–water partition coefficient (Wildman–Crippen LogP) is 3.58. The predicted molar refractivity (Wildman–Crippen MR) is 121 cm³/mol. The van der Waals surface area contributed by atoms with Gasteiger partial charge in [-0.05, 0) is 83.4 Å². The van der Waals surface area contributed by atoms with Crippen molar-refractivity contribution >= 4 is 10.0 Å². The van der Waals surface area contributed by atoms with Crippen LogP contribution >= 0.6 is 0 Å². The molecule has 2 N–H and O–H groups in total. The number of nitrogens with one attached hydrogen (secondary N) is 2. The van der Waals surface area contributed by atoms with Gasteiger partial charge < -0.3 is 14.8 Å². The molecule has 6 nitrogen and oxygen atoms in total. The first-order valence-electron chi connectivity index (χ1n) is 11.2. The molecule has 170 valence electrons. The quantitative estimate of drug-likeness (QED) is 0.681. The molecule has 2 aliphatic rings. The molecule has 1 aromatic rings. The zero-order valence-electron chi connectivity index (χ0n) is 18.8. The summed E-state index contributed by atoms with van der Waals surface area (Å²) in [6.45, 7) is 7.71. The maximum Gasteiger partial charge on any atom is 0.209 e. The van der Waals surface area contributed by atoms with Crippen LogP contribution in [0.2, 0.25) is 0 Å². The number of hydrogen-bond donors (Lipinski definition) is 2. The van der Waals surface area contributed by atoms with Gasteiger partial charge in [-0.1, -0.05) is 18.2 Å². The fraction of sp³-hybridized carbons (Fsp3) is 0.739. The van der Waals surface area contributed by atoms with Crippen molar-refractivity contribution in [2.24, 2.45) is 0 Å². The Hall–Kier alpha value is -1.15. The van der Waals surface area contributed by atoms with Gasteiger partial charge in [-0.15, -0.1) is 0 Å². The van der Waals surface area contributed by atoms with Crippen LogP contribution in [-0.2, 0) is 14.8 Å². The number of sulfonamides is 1. The standard InChI is InChI=1S/C23H38N2O4S/c1-23(2,3)29-22-10-6-5-8-19(22)17-11-13-18(14-12-17)28-16-21-20(9-7-15-24-21)25-30(4,26)27/h5-6,8,10,17-18,20-21,24-25H,7,9,11-16H2,1-4H3/t17-,18+,20-,21-/m0/s1. The summed E-state index contributed by atoms with van der Waals surface area (Å²) in [4.78, 5) is 0. The lowest BCUT2D eigenvalue weighted by Crippen LogP contribution is -2.55. The summed E-state index contributed by atoms with van der Waals surface area (Å²) in [5, 5.41) is 3.43. The third-order valence-corrected chi connectivity index (χ3v) is 6.64. The Morgan fingerprint density at radius 2 is 1.80 bits per heavy atom. The van der Waals surface area contributed by atoms with Crippen LogP contribution in [0.4, 0.5) is 0 Å². The zero-order chi connectivity index (χ0) is 21.8. The van der Waals surface area contributed by atoms with Crippen molar-refractivity contribution in [1.29, 1.82) is 0 Å². The molecule has 0 bridgehead atoms. The van der Waals surface area contributed by atoms with Gasteiger partial charge in [0, 0.05) is 12.1 Å². The lowest BCUT2D eigenvalue weighted by Gasteiger charge is -2.35. The first-order chi connectivity index (χ1) is 14.1. The highest BCUT2D eigenvalue weighted by molar-refractivity contribution is 7.88. The molecule has 30 heavy (non-hydrogen) atoms. The molecule has 7 heteroatoms. The molecule has 2 atom stereocenters. The summed E-state index contributed by atoms with van der Waals surface area (Å²) in [5.41, 5.74) is 1.09. The molecule has 0 unspecified atom stereocenters. The molecule has 1 heterocycles. The van der Waals surface area contributed by atoms with Crippen molar-refractivity contribution in [1.82, 2.24) is 10.0 Å². The van der Waals surface area contributed by atoms with Crippen LogP contribution < -0.4 is 14.8 Å². The van der Waals surface area contributed by atoms with Crippen LogP contribution in [0.3, 0.4) is 0 Å². The average Bonchev–Trinajstić information content (AvgIpc) is 2.66. The van der Waals surface area contributed by atoms with Crippen LogP contribution in [0, 0.1) is 0 Å². The number of para-hydroxylation sites is 1. The minimum Gasteiger partial charge on any atom is -0.488 e. The molecule has 1 aliphatic carbocycles. The Kier molecular flexibility index (Phi) is 7.82. The molecule has 0 aromatic heterocycles. The van der Waals surface area contributed by atoms with Gasteiger partial charge >= 0.3 is 0 Å². The van der Waals surface area contributed by atoms with E-state index in [-0.39, 0.29) is 23.8 Å². The van der Waals surface area contributed by atoms with Crippen LogP contribution in [0.15, 0.2) is 24.3 Å². The number of ether oxygens (including phenoxy) is 2. The Bertz CT molecular complexity index is 783. The van der Waals surface area contributed by atoms with Gasteiger partial charge in [0.05, 0.1) is 19.0 Å². The van der Waals surface area contributed by atoms with Gasteiger partial charge in [-0.2, -0.15) is 0 Å². The second kappa shape index (κ2) is 9.98. The van der Waals surface area contributed by atoms with Crippen LogP contribution in [0.25, 0.3) is 0 Å². The van der Waals surface area contributed by atoms with Crippen molar-refractivity contribution in [3.05, 3.63) is 29.8 Å². The van der Waals surface area contributed by atoms with Gasteiger partial charge in [-0.3, -0.25) is 0 Å². The largest absolute Gasteiger partial charge is 0.488 e. The van der Waals surface area contributed by atoms with E-state index in [0.29, 0.717) is 12.5 Å². The van der Waals surface area contributed by atoms with E-state index in [2.05, 4.69) is 49.0 Å². The first kappa shape index (κ1) is 23.5. The van der Waals surface area contributed by atoms with Crippen molar-refractivity contribution in [2.45, 2.75) is 89.0 Å². The summed E-state index contributed by atoms with van der Waals surface area (Å²) in [5.74, 6) is 1.49. The second-order valence-electron chi connectivity index (χ2n) is 9.76. The summed E-state index contributed by atoms with van der Waals surface area (Å²) in [6, 6.07) is 8.35. The lowest BCUT2D eigenvalue weighted by atomic mass is 9.82. The molecule has 0 amide bonds. The molecule has 1 aromatic carbocycles. The van der Waals surface area contributed by atoms with Gasteiger partial charge in [-0.25, -0.2) is 13.1 Å². The monoisotopic (exact) mass is 438 g/mol. The third kappa shape index (κ3) is 7.22. The van der Waals surface area contributed by atoms with E-state index in [1.54, 1.807) is 0 Å². The smallest absolute Gasteiger partial charge is 0.209 e. The van der Waals surface area contributed by atoms with E-state index >= 15 is 0 Å². The molecule has 3 rings (SSSR count). The van der Waals surface area contributed by atoms with Gasteiger partial charge in [0.1, 0.15) is 11.4 Å². The Morgan fingerprint density at radius 3 is 2.47 bits per heavy atom. The summed E-state index contributed by atoms with van der Waals surface area (Å²) in [7, 11) is -3.21. The molecular formula is C23H38N2O4S. The Balaban J connectivity index is 1.51. The van der Waals surface area contributed by atoms with Crippen LogP contribution in [-0.4, -0.2) is 51.6 Å². The topological polar surface area (TPSA) is 76.7 Å². The van der Waals surface area contributed by atoms with E-state index in [1.807, 2.05) is 6.07 Å². The zero-order valence-corrected chi connectivity index (χ0v) is 19.6. The first-order valence-corrected chi connectivity index (χ1v) is 13.1. The molecular weight excluding hydrogens is 400 g/mol. The maximum absolute atomic E-state index is 11.6. The summed E-state index contributed by atoms with van der Waals surface area (Å²) >= 11 is 0. The van der Waals surface area contributed by atoms with Crippen molar-refractivity contribution < 1.29 is 17.9 Å². The lowest BCUT2D eigenvalue weighted by molar-refractivity contribution is 0.00492. The van der Waals surface area contributed by atoms with E-state index in [0.717, 1.165) is 50.8 Å². The SMILES string of the molecule is CC(C)(C)Oc1ccccc1[C@H]1CC[C@@H](OC[C@@H]2NCCC[C@@H]2NS(C)(=O)=O)CC1. The molecule has 0 radical (unpaired) electrons. The normalized spacial score (nSPS) is 28.3. The van der Waals surface area contributed by atoms with Crippen molar-refractivity contribution in [2.75, 3.05) is 19.4 Å². The molecule has 1 saturated carbocycles. The summed E-state index contributed by atoms with van der Waals surface area (Å²) < 4.78 is 38.5. The van der Waals surface area contributed by atoms with E-state index in [1.165, 1.54) is 11.8 Å². The van der Waals surface area contributed by atoms with Crippen LogP contribution in [0.1, 0.15) is 70.8 Å². The molecule has 0 spiro atoms. The highest BCUT2D eigenvalue weighted by atomic mass is 32.2. The Morgan fingerprint density at radius 1 is 1.10 bits per heavy atom. The number of benzene rings is 1. The Labute approximate surface area is 182 Å². The second-order valence-corrected chi connectivity index (χ2v) is 11.5. The van der Waals surface area contributed by atoms with Crippen LogP contribution in [0.5, 0.6) is 5.75 Å². The fourth-order valence-corrected chi connectivity index (χ4v) is 5.40. The van der Waals surface area contributed by atoms with Crippen molar-refractivity contribution in [3.8, 4) is 5.75 Å². The molecule has 2 fully saturated rings. The number of piperidine rings is 1. The minimum atomic E-state index is -3.21. The fourth-order valence-electron chi connectivity index (χ4n) is 4.56. The average molecular weight is 439 g/mol. The van der Waals surface area contributed by atoms with Crippen molar-refractivity contribution in [3.63, 3.8) is 0 Å². The van der Waals surface area contributed by atoms with Gasteiger partial charge in [0.25, 0.3) is 0 Å². The number of hydrogen-bond acceptors (Lipinski definition) is 5. The minimum absolute atomic E-state index is 0.0344. The number of rotatable bonds is 7. The summed E-state index contributed by atoms with van der Waals surface area (Å²) in [6.07, 6.45) is 7.49. The van der Waals surface area contributed by atoms with Gasteiger partial charge in [0.15, 0.2) is 0 Å². The maximum atomic E-state index is 11.6. The molecule has 1 aliphatic heterocycles. The third-order valence-electron chi connectivity index (χ3n) is 5.91. The highest BCUT2D eigenvalue weighted by Gasteiger charge is 2.30. The van der Waals surface area contributed by atoms with E-state index in [4.69, 9.17) is 9.47 Å². The van der Waals surface area contributed by atoms with E-state index in [9.17, 15) is 8.42 Å². The highest BCUT2D eigenvalue weighted by Crippen LogP contribution is 2.39. The van der Waals surface area contributed by atoms with E-state index < -0.39 is 10.0 Å². The molecule has 1 saturated heterocycles. The van der Waals surface area contributed by atoms with Gasteiger partial charge in [0.2, 0.25) is 10.0 Å².